The summed E-state index contributed by atoms with van der Waals surface area (Å²) in [4.78, 5) is 4.51. The van der Waals surface area contributed by atoms with Crippen LogP contribution >= 0.6 is 24.0 Å². The molecule has 0 aliphatic heterocycles. The second-order valence-corrected chi connectivity index (χ2v) is 6.25. The number of benzene rings is 1. The van der Waals surface area contributed by atoms with Crippen molar-refractivity contribution in [2.24, 2.45) is 4.99 Å². The summed E-state index contributed by atoms with van der Waals surface area (Å²) in [5, 5.41) is 16.7. The van der Waals surface area contributed by atoms with Gasteiger partial charge >= 0.3 is 0 Å². The molecule has 0 radical (unpaired) electrons. The van der Waals surface area contributed by atoms with Gasteiger partial charge in [0, 0.05) is 13.1 Å². The molecule has 1 aromatic rings. The number of ether oxygens (including phenoxy) is 1. The highest BCUT2D eigenvalue weighted by Crippen LogP contribution is 2.31. The molecule has 0 unspecified atom stereocenters. The van der Waals surface area contributed by atoms with Gasteiger partial charge in [0.1, 0.15) is 5.75 Å². The van der Waals surface area contributed by atoms with E-state index in [2.05, 4.69) is 33.8 Å². The molecule has 24 heavy (non-hydrogen) atoms. The van der Waals surface area contributed by atoms with Gasteiger partial charge in [-0.2, -0.15) is 0 Å². The number of guanidine groups is 1. The summed E-state index contributed by atoms with van der Waals surface area (Å²) >= 11 is 0. The van der Waals surface area contributed by atoms with Gasteiger partial charge in [0.05, 0.1) is 19.3 Å². The molecule has 1 aliphatic carbocycles. The lowest BCUT2D eigenvalue weighted by molar-refractivity contribution is -0.0236. The fourth-order valence-corrected chi connectivity index (χ4v) is 2.66. The van der Waals surface area contributed by atoms with Crippen molar-refractivity contribution >= 4 is 29.9 Å². The van der Waals surface area contributed by atoms with Gasteiger partial charge in [-0.05, 0) is 56.7 Å². The second kappa shape index (κ2) is 10.1. The highest BCUT2D eigenvalue weighted by atomic mass is 127. The summed E-state index contributed by atoms with van der Waals surface area (Å²) in [6, 6.07) is 6.29. The average Bonchev–Trinajstić information content (AvgIpc) is 2.52. The van der Waals surface area contributed by atoms with Gasteiger partial charge < -0.3 is 20.5 Å². The highest BCUT2D eigenvalue weighted by molar-refractivity contribution is 14.0. The van der Waals surface area contributed by atoms with Gasteiger partial charge in [0.25, 0.3) is 0 Å². The molecule has 1 aliphatic rings. The van der Waals surface area contributed by atoms with Crippen molar-refractivity contribution in [1.29, 1.82) is 0 Å². The fourth-order valence-electron chi connectivity index (χ4n) is 2.66. The summed E-state index contributed by atoms with van der Waals surface area (Å²) in [7, 11) is 1.70. The number of hydrogen-bond donors (Lipinski definition) is 3. The van der Waals surface area contributed by atoms with Crippen LogP contribution in [0.3, 0.4) is 0 Å². The van der Waals surface area contributed by atoms with Gasteiger partial charge in [-0.25, -0.2) is 0 Å². The largest absolute Gasteiger partial charge is 0.496 e. The molecule has 0 heterocycles. The molecule has 5 nitrogen and oxygen atoms in total. The molecule has 136 valence electrons. The zero-order valence-electron chi connectivity index (χ0n) is 14.9. The van der Waals surface area contributed by atoms with E-state index in [9.17, 15) is 5.11 Å². The Kier molecular flexibility index (Phi) is 8.83. The molecule has 0 atom stereocenters. The molecule has 3 N–H and O–H groups in total. The molecule has 1 saturated carbocycles. The van der Waals surface area contributed by atoms with Crippen LogP contribution in [-0.2, 0) is 6.42 Å². The second-order valence-electron chi connectivity index (χ2n) is 6.25. The molecule has 0 spiro atoms. The van der Waals surface area contributed by atoms with Crippen LogP contribution in [0.2, 0.25) is 0 Å². The van der Waals surface area contributed by atoms with Crippen LogP contribution in [0.15, 0.2) is 23.2 Å². The Hall–Kier alpha value is -1.02. The normalized spacial score (nSPS) is 15.9. The number of methoxy groups -OCH3 is 1. The molecular weight excluding hydrogens is 417 g/mol. The Labute approximate surface area is 162 Å². The molecular formula is C18H30IN3O2. The standard InChI is InChI=1S/C18H29N3O2.HI/c1-4-19-17(21-13-18(22)9-5-10-18)20-11-8-15-7-6-14(2)16(12-15)23-3;/h6-7,12,22H,4-5,8-11,13H2,1-3H3,(H2,19,20,21);1H. The number of aliphatic hydroxyl groups is 1. The minimum Gasteiger partial charge on any atom is -0.496 e. The van der Waals surface area contributed by atoms with E-state index in [1.807, 2.05) is 13.8 Å². The van der Waals surface area contributed by atoms with Crippen molar-refractivity contribution in [2.45, 2.75) is 45.1 Å². The van der Waals surface area contributed by atoms with E-state index in [1.54, 1.807) is 7.11 Å². The lowest BCUT2D eigenvalue weighted by atomic mass is 9.80. The first-order chi connectivity index (χ1) is 11.1. The maximum atomic E-state index is 10.1. The van der Waals surface area contributed by atoms with Gasteiger partial charge in [0.15, 0.2) is 5.96 Å². The number of hydrogen-bond acceptors (Lipinski definition) is 3. The molecule has 0 aromatic heterocycles. The third-order valence-corrected chi connectivity index (χ3v) is 4.34. The Balaban J connectivity index is 0.00000288. The third-order valence-electron chi connectivity index (χ3n) is 4.34. The summed E-state index contributed by atoms with van der Waals surface area (Å²) < 4.78 is 5.36. The quantitative estimate of drug-likeness (QED) is 0.342. The Morgan fingerprint density at radius 2 is 2.08 bits per heavy atom. The van der Waals surface area contributed by atoms with Crippen LogP contribution in [0.4, 0.5) is 0 Å². The number of aliphatic imine (C=N–C) groups is 1. The van der Waals surface area contributed by atoms with Crippen LogP contribution in [-0.4, -0.2) is 43.4 Å². The SMILES string of the molecule is CCNC(=NCC1(O)CCC1)NCCc1ccc(C)c(OC)c1.I. The smallest absolute Gasteiger partial charge is 0.191 e. The van der Waals surface area contributed by atoms with Crippen molar-refractivity contribution in [1.82, 2.24) is 10.6 Å². The molecule has 1 fully saturated rings. The van der Waals surface area contributed by atoms with Crippen molar-refractivity contribution in [3.63, 3.8) is 0 Å². The average molecular weight is 447 g/mol. The van der Waals surface area contributed by atoms with Crippen LogP contribution < -0.4 is 15.4 Å². The number of nitrogens with zero attached hydrogens (tertiary/aromatic N) is 1. The van der Waals surface area contributed by atoms with E-state index in [1.165, 1.54) is 5.56 Å². The monoisotopic (exact) mass is 447 g/mol. The van der Waals surface area contributed by atoms with Crippen molar-refractivity contribution in [3.05, 3.63) is 29.3 Å². The van der Waals surface area contributed by atoms with E-state index in [-0.39, 0.29) is 24.0 Å². The number of nitrogens with one attached hydrogen (secondary N) is 2. The first-order valence-electron chi connectivity index (χ1n) is 8.44. The van der Waals surface area contributed by atoms with Gasteiger partial charge in [-0.3, -0.25) is 4.99 Å². The predicted molar refractivity (Wildman–Crippen MR) is 110 cm³/mol. The topological polar surface area (TPSA) is 65.9 Å². The fraction of sp³-hybridized carbons (Fsp3) is 0.611. The molecule has 0 saturated heterocycles. The molecule has 2 rings (SSSR count). The van der Waals surface area contributed by atoms with E-state index >= 15 is 0 Å². The molecule has 0 bridgehead atoms. The highest BCUT2D eigenvalue weighted by Gasteiger charge is 2.34. The van der Waals surface area contributed by atoms with Gasteiger partial charge in [-0.15, -0.1) is 24.0 Å². The van der Waals surface area contributed by atoms with Crippen LogP contribution in [0.25, 0.3) is 0 Å². The molecule has 0 amide bonds. The first kappa shape index (κ1) is 21.0. The van der Waals surface area contributed by atoms with E-state index in [0.717, 1.165) is 56.0 Å². The number of aryl methyl sites for hydroxylation is 1. The lowest BCUT2D eigenvalue weighted by Crippen LogP contribution is -2.43. The van der Waals surface area contributed by atoms with E-state index in [0.29, 0.717) is 6.54 Å². The van der Waals surface area contributed by atoms with Crippen LogP contribution in [0, 0.1) is 6.92 Å². The van der Waals surface area contributed by atoms with Crippen molar-refractivity contribution < 1.29 is 9.84 Å². The maximum Gasteiger partial charge on any atom is 0.191 e. The minimum absolute atomic E-state index is 0. The maximum absolute atomic E-state index is 10.1. The molecule has 6 heteroatoms. The number of halogens is 1. The summed E-state index contributed by atoms with van der Waals surface area (Å²) in [5.74, 6) is 1.70. The Morgan fingerprint density at radius 3 is 2.67 bits per heavy atom. The minimum atomic E-state index is -0.577. The predicted octanol–water partition coefficient (Wildman–Crippen LogP) is 2.63. The zero-order chi connectivity index (χ0) is 16.7. The van der Waals surface area contributed by atoms with Gasteiger partial charge in [-0.1, -0.05) is 12.1 Å². The van der Waals surface area contributed by atoms with E-state index < -0.39 is 5.60 Å². The lowest BCUT2D eigenvalue weighted by Gasteiger charge is -2.35. The first-order valence-corrected chi connectivity index (χ1v) is 8.44. The summed E-state index contributed by atoms with van der Waals surface area (Å²) in [6.45, 7) is 6.15. The van der Waals surface area contributed by atoms with Crippen molar-refractivity contribution in [3.8, 4) is 5.75 Å². The summed E-state index contributed by atoms with van der Waals surface area (Å²) in [5.41, 5.74) is 1.80. The Morgan fingerprint density at radius 1 is 1.33 bits per heavy atom. The Bertz CT molecular complexity index is 545. The van der Waals surface area contributed by atoms with E-state index in [4.69, 9.17) is 4.74 Å². The van der Waals surface area contributed by atoms with Gasteiger partial charge in [0.2, 0.25) is 0 Å². The van der Waals surface area contributed by atoms with Crippen LogP contribution in [0.5, 0.6) is 5.75 Å². The van der Waals surface area contributed by atoms with Crippen molar-refractivity contribution in [2.75, 3.05) is 26.7 Å². The zero-order valence-corrected chi connectivity index (χ0v) is 17.2. The molecule has 1 aromatic carbocycles. The number of rotatable bonds is 7. The summed E-state index contributed by atoms with van der Waals surface area (Å²) in [6.07, 6.45) is 3.72. The van der Waals surface area contributed by atoms with Crippen LogP contribution in [0.1, 0.15) is 37.3 Å². The third kappa shape index (κ3) is 6.12.